The first-order chi connectivity index (χ1) is 18.7. The lowest BCUT2D eigenvalue weighted by Crippen LogP contribution is -2.34. The molecule has 0 aliphatic rings. The number of Topliss-reactive ketones (excluding diaryl/α,β-unsaturated/α-hetero) is 1. The van der Waals surface area contributed by atoms with Gasteiger partial charge in [-0.15, -0.1) is 23.5 Å². The lowest BCUT2D eigenvalue weighted by atomic mass is 10.0. The quantitative estimate of drug-likeness (QED) is 0.113. The number of carbonyl (C=O) groups is 1. The highest BCUT2D eigenvalue weighted by molar-refractivity contribution is 7.99. The molecular formula is C34H29OPS2. The summed E-state index contributed by atoms with van der Waals surface area (Å²) < 4.78 is 0. The Morgan fingerprint density at radius 2 is 0.816 bits per heavy atom. The topological polar surface area (TPSA) is 17.1 Å². The van der Waals surface area contributed by atoms with Gasteiger partial charge in [0.1, 0.15) is 0 Å². The Morgan fingerprint density at radius 1 is 0.474 bits per heavy atom. The van der Waals surface area contributed by atoms with Crippen LogP contribution in [-0.2, 0) is 0 Å². The lowest BCUT2D eigenvalue weighted by molar-refractivity contribution is 0.106. The zero-order valence-electron chi connectivity index (χ0n) is 21.5. The van der Waals surface area contributed by atoms with E-state index in [0.717, 1.165) is 26.2 Å². The maximum Gasteiger partial charge on any atom is 0.195 e. The molecule has 0 aromatic heterocycles. The average Bonchev–Trinajstić information content (AvgIpc) is 3.01. The molecule has 38 heavy (non-hydrogen) atoms. The van der Waals surface area contributed by atoms with Gasteiger partial charge in [0.25, 0.3) is 0 Å². The molecule has 0 unspecified atom stereocenters. The standard InChI is InChI=1S/C34H29OPS2/c1-37-31-24-14-12-22-29(31)33(35)34(30-23-13-15-25-32(30)38-2)36(26-16-6-3-7-17-26,27-18-8-4-9-19-27)28-20-10-5-11-21-28/h3-25H,1-2H3. The normalized spacial score (nSPS) is 11.2. The first kappa shape index (κ1) is 26.4. The third-order valence-electron chi connectivity index (χ3n) is 6.69. The number of hydrogen-bond donors (Lipinski definition) is 0. The van der Waals surface area contributed by atoms with Gasteiger partial charge in [0, 0.05) is 26.2 Å². The third kappa shape index (κ3) is 4.83. The Hall–Kier alpha value is -3.23. The molecule has 0 N–H and O–H groups in total. The molecule has 0 saturated heterocycles. The van der Waals surface area contributed by atoms with Crippen LogP contribution >= 0.6 is 30.4 Å². The largest absolute Gasteiger partial charge is 0.288 e. The van der Waals surface area contributed by atoms with Gasteiger partial charge in [0.2, 0.25) is 0 Å². The van der Waals surface area contributed by atoms with Crippen LogP contribution in [0.3, 0.4) is 0 Å². The molecule has 0 saturated carbocycles. The highest BCUT2D eigenvalue weighted by Crippen LogP contribution is 2.49. The van der Waals surface area contributed by atoms with Crippen LogP contribution in [0.4, 0.5) is 0 Å². The van der Waals surface area contributed by atoms with Crippen molar-refractivity contribution in [1.29, 1.82) is 0 Å². The zero-order chi connectivity index (χ0) is 26.4. The van der Waals surface area contributed by atoms with E-state index in [0.29, 0.717) is 0 Å². The Balaban J connectivity index is 2.09. The van der Waals surface area contributed by atoms with Crippen LogP contribution in [0.5, 0.6) is 0 Å². The molecule has 0 spiro atoms. The summed E-state index contributed by atoms with van der Waals surface area (Å²) in [7, 11) is 0. The minimum Gasteiger partial charge on any atom is -0.288 e. The van der Waals surface area contributed by atoms with E-state index in [-0.39, 0.29) is 5.78 Å². The molecule has 0 radical (unpaired) electrons. The van der Waals surface area contributed by atoms with E-state index < -0.39 is 6.89 Å². The molecule has 1 nitrogen and oxygen atoms in total. The number of carbonyl (C=O) groups excluding carboxylic acids is 1. The van der Waals surface area contributed by atoms with Gasteiger partial charge >= 0.3 is 0 Å². The number of benzene rings is 5. The van der Waals surface area contributed by atoms with Crippen LogP contribution < -0.4 is 15.9 Å². The molecule has 0 aliphatic carbocycles. The number of rotatable bonds is 8. The smallest absolute Gasteiger partial charge is 0.195 e. The Bertz CT molecular complexity index is 1490. The maximum atomic E-state index is 15.1. The van der Waals surface area contributed by atoms with Gasteiger partial charge < -0.3 is 0 Å². The summed E-state index contributed by atoms with van der Waals surface area (Å²) in [5.41, 5.74) is 1.75. The van der Waals surface area contributed by atoms with E-state index in [1.54, 1.807) is 23.5 Å². The summed E-state index contributed by atoms with van der Waals surface area (Å²) in [6.45, 7) is -2.63. The molecule has 4 heteroatoms. The van der Waals surface area contributed by atoms with Crippen molar-refractivity contribution in [3.8, 4) is 0 Å². The van der Waals surface area contributed by atoms with Gasteiger partial charge in [-0.05, 0) is 53.5 Å². The van der Waals surface area contributed by atoms with Gasteiger partial charge in [0.05, 0.1) is 0 Å². The van der Waals surface area contributed by atoms with Crippen LogP contribution in [-0.4, -0.2) is 23.6 Å². The molecule has 5 rings (SSSR count). The van der Waals surface area contributed by atoms with Crippen LogP contribution in [0.25, 0.3) is 0 Å². The highest BCUT2D eigenvalue weighted by Gasteiger charge is 2.35. The third-order valence-corrected chi connectivity index (χ3v) is 12.6. The second kappa shape index (κ2) is 12.1. The molecule has 0 heterocycles. The molecule has 0 fully saturated rings. The van der Waals surface area contributed by atoms with Crippen molar-refractivity contribution in [2.45, 2.75) is 9.79 Å². The summed E-state index contributed by atoms with van der Waals surface area (Å²) in [6.07, 6.45) is 4.13. The van der Waals surface area contributed by atoms with Crippen molar-refractivity contribution in [2.75, 3.05) is 12.5 Å². The monoisotopic (exact) mass is 548 g/mol. The molecule has 0 bridgehead atoms. The molecule has 5 aromatic rings. The van der Waals surface area contributed by atoms with Crippen LogP contribution in [0.15, 0.2) is 149 Å². The molecule has 188 valence electrons. The van der Waals surface area contributed by atoms with Crippen molar-refractivity contribution >= 4 is 57.4 Å². The second-order valence-electron chi connectivity index (χ2n) is 8.76. The summed E-state index contributed by atoms with van der Waals surface area (Å²) >= 11 is 3.30. The summed E-state index contributed by atoms with van der Waals surface area (Å²) in [6, 6.07) is 48.3. The van der Waals surface area contributed by atoms with E-state index in [1.165, 1.54) is 15.9 Å². The minimum atomic E-state index is -2.63. The summed E-state index contributed by atoms with van der Waals surface area (Å²) in [5.74, 6) is 0.0846. The fraction of sp³-hybridized carbons (Fsp3) is 0.0588. The highest BCUT2D eigenvalue weighted by atomic mass is 32.2. The maximum absolute atomic E-state index is 15.1. The van der Waals surface area contributed by atoms with E-state index >= 15 is 4.79 Å². The van der Waals surface area contributed by atoms with Crippen molar-refractivity contribution in [3.63, 3.8) is 0 Å². The Labute approximate surface area is 234 Å². The fourth-order valence-corrected chi connectivity index (χ4v) is 10.8. The molecular weight excluding hydrogens is 519 g/mol. The second-order valence-corrected chi connectivity index (χ2v) is 13.8. The Morgan fingerprint density at radius 3 is 1.24 bits per heavy atom. The van der Waals surface area contributed by atoms with Crippen LogP contribution in [0.2, 0.25) is 0 Å². The van der Waals surface area contributed by atoms with Crippen LogP contribution in [0, 0.1) is 0 Å². The average molecular weight is 549 g/mol. The number of hydrogen-bond acceptors (Lipinski definition) is 3. The van der Waals surface area contributed by atoms with Gasteiger partial charge in [-0.1, -0.05) is 121 Å². The van der Waals surface area contributed by atoms with Crippen molar-refractivity contribution < 1.29 is 4.79 Å². The van der Waals surface area contributed by atoms with Gasteiger partial charge in [-0.3, -0.25) is 4.79 Å². The summed E-state index contributed by atoms with van der Waals surface area (Å²) in [5, 5.41) is 4.36. The minimum absolute atomic E-state index is 0.0846. The predicted octanol–water partition coefficient (Wildman–Crippen LogP) is 7.53. The van der Waals surface area contributed by atoms with E-state index in [4.69, 9.17) is 0 Å². The summed E-state index contributed by atoms with van der Waals surface area (Å²) in [4.78, 5) is 17.2. The first-order valence-corrected chi connectivity index (χ1v) is 16.7. The van der Waals surface area contributed by atoms with Gasteiger partial charge in [-0.2, -0.15) is 0 Å². The lowest BCUT2D eigenvalue weighted by Gasteiger charge is -2.33. The van der Waals surface area contributed by atoms with E-state index in [1.807, 2.05) is 30.5 Å². The van der Waals surface area contributed by atoms with Crippen molar-refractivity contribution in [1.82, 2.24) is 0 Å². The van der Waals surface area contributed by atoms with Crippen LogP contribution in [0.1, 0.15) is 15.9 Å². The van der Waals surface area contributed by atoms with Crippen molar-refractivity contribution in [2.24, 2.45) is 0 Å². The molecule has 0 atom stereocenters. The zero-order valence-corrected chi connectivity index (χ0v) is 24.0. The fourth-order valence-electron chi connectivity index (χ4n) is 5.04. The molecule has 0 aliphatic heterocycles. The van der Waals surface area contributed by atoms with E-state index in [9.17, 15) is 0 Å². The van der Waals surface area contributed by atoms with Gasteiger partial charge in [-0.25, -0.2) is 0 Å². The van der Waals surface area contributed by atoms with Gasteiger partial charge in [0.15, 0.2) is 5.78 Å². The van der Waals surface area contributed by atoms with E-state index in [2.05, 4.69) is 122 Å². The first-order valence-electron chi connectivity index (χ1n) is 12.5. The number of ketones is 1. The predicted molar refractivity (Wildman–Crippen MR) is 170 cm³/mol. The Kier molecular flexibility index (Phi) is 8.39. The SMILES string of the molecule is CSc1ccccc1C(=O)C(c1ccccc1SC)=P(c1ccccc1)(c1ccccc1)c1ccccc1. The van der Waals surface area contributed by atoms with Crippen molar-refractivity contribution in [3.05, 3.63) is 151 Å². The molecule has 5 aromatic carbocycles. The number of thioether (sulfide) groups is 2. The molecule has 0 amide bonds.